The van der Waals surface area contributed by atoms with Crippen molar-refractivity contribution in [2.75, 3.05) is 0 Å². The number of aliphatic hydroxyl groups is 1. The molecule has 3 aromatic rings. The summed E-state index contributed by atoms with van der Waals surface area (Å²) in [6, 6.07) is 24.0. The number of nitrogens with zero attached hydrogens (tertiary/aromatic N) is 1. The van der Waals surface area contributed by atoms with Crippen molar-refractivity contribution < 1.29 is 14.8 Å². The molecule has 31 heavy (non-hydrogen) atoms. The SMILES string of the molecule is C[C@@H]1C(c2ccccc2)=C2C(=O)c3ccccc3[C@]2(O)[C@@H]([N+](=O)[O-])[C@H]1c1ccccc1. The van der Waals surface area contributed by atoms with Gasteiger partial charge in [-0.3, -0.25) is 14.9 Å². The quantitative estimate of drug-likeness (QED) is 0.504. The molecule has 2 aliphatic carbocycles. The minimum atomic E-state index is -2.00. The van der Waals surface area contributed by atoms with Crippen LogP contribution in [0.15, 0.2) is 90.5 Å². The van der Waals surface area contributed by atoms with Crippen LogP contribution in [0.5, 0.6) is 0 Å². The Bertz CT molecular complexity index is 1220. The molecule has 154 valence electrons. The van der Waals surface area contributed by atoms with Gasteiger partial charge in [-0.25, -0.2) is 0 Å². The Balaban J connectivity index is 1.89. The van der Waals surface area contributed by atoms with Crippen LogP contribution in [-0.2, 0) is 5.60 Å². The fourth-order valence-corrected chi connectivity index (χ4v) is 5.49. The predicted octanol–water partition coefficient (Wildman–Crippen LogP) is 4.60. The molecule has 0 saturated heterocycles. The molecule has 0 aromatic heterocycles. The second-order valence-electron chi connectivity index (χ2n) is 8.25. The first-order valence-electron chi connectivity index (χ1n) is 10.3. The second-order valence-corrected chi connectivity index (χ2v) is 8.25. The lowest BCUT2D eigenvalue weighted by molar-refractivity contribution is -0.551. The Kier molecular flexibility index (Phi) is 4.38. The Morgan fingerprint density at radius 2 is 1.48 bits per heavy atom. The topological polar surface area (TPSA) is 80.4 Å². The standard InChI is InChI=1S/C26H21NO4/c1-16-21(17-10-4-2-5-11-17)23-24(28)19-14-8-9-15-20(19)26(23,29)25(27(30)31)22(16)18-12-6-3-7-13-18/h2-16,22,25,29H,1H3/t16-,22-,25+,26-/m1/s1. The maximum absolute atomic E-state index is 13.5. The third-order valence-corrected chi connectivity index (χ3v) is 6.72. The number of nitro groups is 1. The zero-order valence-corrected chi connectivity index (χ0v) is 16.9. The number of carbonyl (C=O) groups excluding carboxylic acids is 1. The summed E-state index contributed by atoms with van der Waals surface area (Å²) in [6.45, 7) is 1.92. The van der Waals surface area contributed by atoms with Gasteiger partial charge in [0, 0.05) is 21.6 Å². The third kappa shape index (κ3) is 2.63. The van der Waals surface area contributed by atoms with Crippen LogP contribution in [0.25, 0.3) is 5.57 Å². The van der Waals surface area contributed by atoms with Gasteiger partial charge >= 0.3 is 0 Å². The first-order valence-corrected chi connectivity index (χ1v) is 10.3. The van der Waals surface area contributed by atoms with Crippen molar-refractivity contribution in [3.05, 3.63) is 123 Å². The van der Waals surface area contributed by atoms with E-state index in [0.717, 1.165) is 11.1 Å². The minimum Gasteiger partial charge on any atom is -0.374 e. The largest absolute Gasteiger partial charge is 0.374 e. The lowest BCUT2D eigenvalue weighted by Crippen LogP contribution is -2.53. The molecule has 0 saturated carbocycles. The van der Waals surface area contributed by atoms with Gasteiger partial charge in [0.05, 0.1) is 5.92 Å². The van der Waals surface area contributed by atoms with E-state index in [1.807, 2.05) is 67.6 Å². The maximum atomic E-state index is 13.5. The van der Waals surface area contributed by atoms with E-state index in [2.05, 4.69) is 0 Å². The van der Waals surface area contributed by atoms with Gasteiger partial charge in [-0.2, -0.15) is 0 Å². The average molecular weight is 411 g/mol. The molecule has 0 amide bonds. The maximum Gasteiger partial charge on any atom is 0.257 e. The van der Waals surface area contributed by atoms with Gasteiger partial charge < -0.3 is 5.11 Å². The highest BCUT2D eigenvalue weighted by Crippen LogP contribution is 2.58. The van der Waals surface area contributed by atoms with Crippen LogP contribution < -0.4 is 0 Å². The van der Waals surface area contributed by atoms with E-state index >= 15 is 0 Å². The Hall–Kier alpha value is -3.57. The molecule has 0 heterocycles. The van der Waals surface area contributed by atoms with Gasteiger partial charge in [-0.05, 0) is 22.6 Å². The Labute approximate surface area is 179 Å². The molecule has 0 aliphatic heterocycles. The smallest absolute Gasteiger partial charge is 0.257 e. The molecular weight excluding hydrogens is 390 g/mol. The monoisotopic (exact) mass is 411 g/mol. The van der Waals surface area contributed by atoms with Crippen molar-refractivity contribution in [1.82, 2.24) is 0 Å². The summed E-state index contributed by atoms with van der Waals surface area (Å²) >= 11 is 0. The van der Waals surface area contributed by atoms with Crippen LogP contribution in [0.1, 0.15) is 39.9 Å². The number of benzene rings is 3. The first kappa shape index (κ1) is 19.4. The molecule has 0 unspecified atom stereocenters. The molecular formula is C26H21NO4. The predicted molar refractivity (Wildman–Crippen MR) is 117 cm³/mol. The van der Waals surface area contributed by atoms with E-state index in [1.54, 1.807) is 24.3 Å². The van der Waals surface area contributed by atoms with Crippen molar-refractivity contribution in [2.45, 2.75) is 24.5 Å². The van der Waals surface area contributed by atoms with Crippen LogP contribution >= 0.6 is 0 Å². The highest BCUT2D eigenvalue weighted by molar-refractivity contribution is 6.19. The number of carbonyl (C=O) groups is 1. The van der Waals surface area contributed by atoms with E-state index in [1.165, 1.54) is 0 Å². The van der Waals surface area contributed by atoms with Crippen LogP contribution in [0.4, 0.5) is 0 Å². The number of hydrogen-bond donors (Lipinski definition) is 1. The van der Waals surface area contributed by atoms with Gasteiger partial charge in [-0.15, -0.1) is 0 Å². The zero-order valence-electron chi connectivity index (χ0n) is 16.9. The summed E-state index contributed by atoms with van der Waals surface area (Å²) in [5.74, 6) is -1.30. The van der Waals surface area contributed by atoms with Crippen LogP contribution in [-0.4, -0.2) is 21.9 Å². The molecule has 5 heteroatoms. The molecule has 5 nitrogen and oxygen atoms in total. The minimum absolute atomic E-state index is 0.140. The number of rotatable bonds is 3. The highest BCUT2D eigenvalue weighted by atomic mass is 16.6. The lowest BCUT2D eigenvalue weighted by Gasteiger charge is -2.42. The number of ketones is 1. The Morgan fingerprint density at radius 1 is 0.903 bits per heavy atom. The van der Waals surface area contributed by atoms with Crippen LogP contribution in [0.3, 0.4) is 0 Å². The van der Waals surface area contributed by atoms with Gasteiger partial charge in [-0.1, -0.05) is 91.9 Å². The summed E-state index contributed by atoms with van der Waals surface area (Å²) < 4.78 is 0. The van der Waals surface area contributed by atoms with Crippen molar-refractivity contribution >= 4 is 11.4 Å². The molecule has 0 spiro atoms. The Morgan fingerprint density at radius 3 is 2.13 bits per heavy atom. The van der Waals surface area contributed by atoms with E-state index in [9.17, 15) is 20.0 Å². The number of hydrogen-bond acceptors (Lipinski definition) is 4. The third-order valence-electron chi connectivity index (χ3n) is 6.72. The van der Waals surface area contributed by atoms with Crippen LogP contribution in [0.2, 0.25) is 0 Å². The van der Waals surface area contributed by atoms with E-state index in [-0.39, 0.29) is 17.3 Å². The highest BCUT2D eigenvalue weighted by Gasteiger charge is 2.65. The molecule has 3 aromatic carbocycles. The van der Waals surface area contributed by atoms with Gasteiger partial charge in [0.25, 0.3) is 6.04 Å². The van der Waals surface area contributed by atoms with E-state index < -0.39 is 22.5 Å². The summed E-state index contributed by atoms with van der Waals surface area (Å²) in [6.07, 6.45) is 0. The van der Waals surface area contributed by atoms with Crippen molar-refractivity contribution in [3.63, 3.8) is 0 Å². The second kappa shape index (κ2) is 7.00. The fourth-order valence-electron chi connectivity index (χ4n) is 5.49. The first-order chi connectivity index (χ1) is 15.0. The van der Waals surface area contributed by atoms with E-state index in [4.69, 9.17) is 0 Å². The summed E-state index contributed by atoms with van der Waals surface area (Å²) in [5.41, 5.74) is 1.04. The van der Waals surface area contributed by atoms with Crippen molar-refractivity contribution in [3.8, 4) is 0 Å². The molecule has 1 N–H and O–H groups in total. The molecule has 2 aliphatic rings. The number of Topliss-reactive ketones (excluding diaryl/α,β-unsaturated/α-hetero) is 1. The molecule has 4 atom stereocenters. The summed E-state index contributed by atoms with van der Waals surface area (Å²) in [5, 5.41) is 24.6. The fraction of sp³-hybridized carbons (Fsp3) is 0.192. The molecule has 0 bridgehead atoms. The molecule has 5 rings (SSSR count). The van der Waals surface area contributed by atoms with Crippen LogP contribution in [0, 0.1) is 16.0 Å². The summed E-state index contributed by atoms with van der Waals surface area (Å²) in [7, 11) is 0. The van der Waals surface area contributed by atoms with Crippen molar-refractivity contribution in [1.29, 1.82) is 0 Å². The zero-order chi connectivity index (χ0) is 21.8. The molecule has 0 fully saturated rings. The number of allylic oxidation sites excluding steroid dienone is 1. The van der Waals surface area contributed by atoms with Gasteiger partial charge in [0.15, 0.2) is 11.4 Å². The van der Waals surface area contributed by atoms with E-state index in [0.29, 0.717) is 16.7 Å². The normalized spacial score (nSPS) is 27.0. The lowest BCUT2D eigenvalue weighted by atomic mass is 9.62. The van der Waals surface area contributed by atoms with Gasteiger partial charge in [0.1, 0.15) is 0 Å². The van der Waals surface area contributed by atoms with Gasteiger partial charge in [0.2, 0.25) is 0 Å². The summed E-state index contributed by atoms with van der Waals surface area (Å²) in [4.78, 5) is 25.6. The average Bonchev–Trinajstić information content (AvgIpc) is 3.02. The number of fused-ring (bicyclic) bond motifs is 3. The van der Waals surface area contributed by atoms with Crippen molar-refractivity contribution in [2.24, 2.45) is 5.92 Å². The molecule has 0 radical (unpaired) electrons.